The number of phosphoric ester groups is 1. The van der Waals surface area contributed by atoms with Gasteiger partial charge in [-0.1, -0.05) is 284 Å². The molecular weight excluding hydrogens is 842 g/mol. The van der Waals surface area contributed by atoms with Crippen molar-refractivity contribution in [2.24, 2.45) is 0 Å². The summed E-state index contributed by atoms with van der Waals surface area (Å²) in [5.41, 5.74) is 0. The predicted octanol–water partition coefficient (Wildman–Crippen LogP) is 18.3. The van der Waals surface area contributed by atoms with E-state index in [-0.39, 0.29) is 25.8 Å². The lowest BCUT2D eigenvalue weighted by atomic mass is 10.0. The van der Waals surface area contributed by atoms with Crippen molar-refractivity contribution < 1.29 is 37.3 Å². The van der Waals surface area contributed by atoms with Gasteiger partial charge in [-0.25, -0.2) is 4.57 Å². The number of hydrogen-bond acceptors (Lipinski definition) is 6. The maximum Gasteiger partial charge on any atom is 0.472 e. The molecule has 396 valence electrons. The van der Waals surface area contributed by atoms with Crippen molar-refractivity contribution in [2.75, 3.05) is 54.1 Å². The van der Waals surface area contributed by atoms with Crippen LogP contribution in [0.25, 0.3) is 0 Å². The molecule has 0 bridgehead atoms. The monoisotopic (exact) mass is 959 g/mol. The summed E-state index contributed by atoms with van der Waals surface area (Å²) in [5.74, 6) is -0.303. The molecule has 0 radical (unpaired) electrons. The predicted molar refractivity (Wildman–Crippen MR) is 284 cm³/mol. The van der Waals surface area contributed by atoms with E-state index in [1.54, 1.807) is 0 Å². The molecule has 0 saturated heterocycles. The lowest BCUT2D eigenvalue weighted by Crippen LogP contribution is -2.37. The van der Waals surface area contributed by atoms with Crippen molar-refractivity contribution in [3.05, 3.63) is 0 Å². The number of phosphoric acid groups is 1. The van der Waals surface area contributed by atoms with Crippen molar-refractivity contribution in [3.63, 3.8) is 0 Å². The molecule has 66 heavy (non-hydrogen) atoms. The number of carbonyl (C=O) groups excluding carboxylic acids is 1. The number of ether oxygens (including phenoxy) is 2. The van der Waals surface area contributed by atoms with Crippen LogP contribution in [0.4, 0.5) is 0 Å². The first-order chi connectivity index (χ1) is 32.1. The molecule has 2 atom stereocenters. The zero-order chi connectivity index (χ0) is 48.3. The molecule has 0 aromatic carbocycles. The van der Waals surface area contributed by atoms with Crippen molar-refractivity contribution in [3.8, 4) is 0 Å². The van der Waals surface area contributed by atoms with Crippen LogP contribution >= 0.6 is 7.82 Å². The summed E-state index contributed by atoms with van der Waals surface area (Å²) in [4.78, 5) is 23.1. The van der Waals surface area contributed by atoms with Crippen LogP contribution in [0.15, 0.2) is 0 Å². The average Bonchev–Trinajstić information content (AvgIpc) is 3.28. The Kier molecular flexibility index (Phi) is 50.5. The van der Waals surface area contributed by atoms with Crippen molar-refractivity contribution >= 4 is 13.8 Å². The number of unbranched alkanes of at least 4 members (excludes halogenated alkanes) is 42. The van der Waals surface area contributed by atoms with E-state index in [4.69, 9.17) is 18.5 Å². The zero-order valence-corrected chi connectivity index (χ0v) is 46.1. The van der Waals surface area contributed by atoms with Gasteiger partial charge in [0.15, 0.2) is 0 Å². The minimum absolute atomic E-state index is 0.0944. The van der Waals surface area contributed by atoms with E-state index < -0.39 is 13.9 Å². The fourth-order valence-electron chi connectivity index (χ4n) is 8.91. The van der Waals surface area contributed by atoms with Crippen LogP contribution in [0.2, 0.25) is 0 Å². The van der Waals surface area contributed by atoms with Gasteiger partial charge >= 0.3 is 13.8 Å². The Morgan fingerprint density at radius 1 is 0.409 bits per heavy atom. The summed E-state index contributed by atoms with van der Waals surface area (Å²) < 4.78 is 35.3. The lowest BCUT2D eigenvalue weighted by molar-refractivity contribution is -0.870. The summed E-state index contributed by atoms with van der Waals surface area (Å²) in [6.07, 6.45) is 58.9. The highest BCUT2D eigenvalue weighted by Crippen LogP contribution is 2.43. The molecule has 0 heterocycles. The molecule has 9 heteroatoms. The van der Waals surface area contributed by atoms with Gasteiger partial charge in [-0.2, -0.15) is 0 Å². The van der Waals surface area contributed by atoms with E-state index in [0.717, 1.165) is 32.1 Å². The van der Waals surface area contributed by atoms with Gasteiger partial charge in [0.05, 0.1) is 34.4 Å². The van der Waals surface area contributed by atoms with Gasteiger partial charge in [0.2, 0.25) is 0 Å². The first kappa shape index (κ1) is 65.5. The molecule has 0 spiro atoms. The molecule has 0 amide bonds. The molecule has 1 N–H and O–H groups in total. The van der Waals surface area contributed by atoms with E-state index in [2.05, 4.69) is 13.8 Å². The Hall–Kier alpha value is -0.500. The second-order valence-electron chi connectivity index (χ2n) is 21.4. The second-order valence-corrected chi connectivity index (χ2v) is 22.9. The van der Waals surface area contributed by atoms with Crippen LogP contribution in [0.5, 0.6) is 0 Å². The van der Waals surface area contributed by atoms with E-state index in [1.165, 1.54) is 250 Å². The van der Waals surface area contributed by atoms with Gasteiger partial charge in [-0.05, 0) is 12.8 Å². The number of esters is 1. The highest BCUT2D eigenvalue weighted by molar-refractivity contribution is 7.47. The lowest BCUT2D eigenvalue weighted by Gasteiger charge is -2.24. The summed E-state index contributed by atoms with van der Waals surface area (Å²) in [7, 11) is 1.69. The smallest absolute Gasteiger partial charge is 0.457 e. The highest BCUT2D eigenvalue weighted by Gasteiger charge is 2.26. The molecule has 8 nitrogen and oxygen atoms in total. The Bertz CT molecular complexity index is 1020. The zero-order valence-electron chi connectivity index (χ0n) is 45.2. The third-order valence-corrected chi connectivity index (χ3v) is 14.4. The van der Waals surface area contributed by atoms with Crippen LogP contribution in [-0.4, -0.2) is 75.6 Å². The molecule has 0 fully saturated rings. The van der Waals surface area contributed by atoms with Crippen molar-refractivity contribution in [2.45, 2.75) is 309 Å². The first-order valence-corrected chi connectivity index (χ1v) is 30.8. The van der Waals surface area contributed by atoms with E-state index >= 15 is 0 Å². The van der Waals surface area contributed by atoms with Gasteiger partial charge < -0.3 is 18.9 Å². The summed E-state index contributed by atoms with van der Waals surface area (Å²) in [5, 5.41) is 0. The van der Waals surface area contributed by atoms with E-state index in [9.17, 15) is 14.3 Å². The topological polar surface area (TPSA) is 91.3 Å². The summed E-state index contributed by atoms with van der Waals surface area (Å²) in [6.45, 7) is 5.72. The Morgan fingerprint density at radius 3 is 1.00 bits per heavy atom. The number of rotatable bonds is 56. The fraction of sp³-hybridized carbons (Fsp3) is 0.982. The molecule has 0 saturated carbocycles. The van der Waals surface area contributed by atoms with Gasteiger partial charge in [-0.15, -0.1) is 0 Å². The van der Waals surface area contributed by atoms with Crippen LogP contribution in [0.3, 0.4) is 0 Å². The standard InChI is InChI=1S/C57H116NO7P/c1-6-8-10-12-14-16-18-20-22-24-26-27-28-29-30-31-32-33-35-37-39-41-43-45-47-49-52-62-54-56(55-64-66(60,61)63-53-51-58(3,4)5)65-57(59)50-48-46-44-42-40-38-36-34-25-23-21-19-17-15-13-11-9-7-2/h56H,6-55H2,1-5H3/p+1. The average molecular weight is 960 g/mol. The quantitative estimate of drug-likeness (QED) is 0.0281. The molecule has 0 aromatic rings. The molecule has 2 unspecified atom stereocenters. The Morgan fingerprint density at radius 2 is 0.697 bits per heavy atom. The maximum atomic E-state index is 12.8. The molecule has 0 aliphatic heterocycles. The second kappa shape index (κ2) is 50.9. The van der Waals surface area contributed by atoms with Crippen molar-refractivity contribution in [1.29, 1.82) is 0 Å². The van der Waals surface area contributed by atoms with Gasteiger partial charge in [0.25, 0.3) is 0 Å². The Balaban J connectivity index is 3.97. The minimum atomic E-state index is -4.28. The third kappa shape index (κ3) is 54.4. The van der Waals surface area contributed by atoms with Crippen molar-refractivity contribution in [1.82, 2.24) is 0 Å². The van der Waals surface area contributed by atoms with Crippen LogP contribution in [0, 0.1) is 0 Å². The Labute approximate surface area is 412 Å². The van der Waals surface area contributed by atoms with Gasteiger partial charge in [0.1, 0.15) is 19.3 Å². The van der Waals surface area contributed by atoms with E-state index in [1.807, 2.05) is 21.1 Å². The van der Waals surface area contributed by atoms with Gasteiger partial charge in [0, 0.05) is 13.0 Å². The van der Waals surface area contributed by atoms with Gasteiger partial charge in [-0.3, -0.25) is 13.8 Å². The summed E-state index contributed by atoms with van der Waals surface area (Å²) in [6, 6.07) is 0. The third-order valence-electron chi connectivity index (χ3n) is 13.4. The fourth-order valence-corrected chi connectivity index (χ4v) is 9.65. The minimum Gasteiger partial charge on any atom is -0.457 e. The largest absolute Gasteiger partial charge is 0.472 e. The number of hydrogen-bond donors (Lipinski definition) is 1. The summed E-state index contributed by atoms with van der Waals surface area (Å²) >= 11 is 0. The van der Waals surface area contributed by atoms with E-state index in [0.29, 0.717) is 24.1 Å². The maximum absolute atomic E-state index is 12.8. The molecular formula is C57H117NO7P+. The molecule has 0 aliphatic rings. The van der Waals surface area contributed by atoms with Crippen LogP contribution in [0.1, 0.15) is 303 Å². The first-order valence-electron chi connectivity index (χ1n) is 29.3. The highest BCUT2D eigenvalue weighted by atomic mass is 31.2. The number of likely N-dealkylation sites (N-methyl/N-ethyl adjacent to an activating group) is 1. The van der Waals surface area contributed by atoms with Crippen LogP contribution < -0.4 is 0 Å². The molecule has 0 rings (SSSR count). The SMILES string of the molecule is CCCCCCCCCCCCCCCCCCCCCCCCCCCCOCC(COP(=O)(O)OCC[N+](C)(C)C)OC(=O)CCCCCCCCCCCCCCCCCCCC. The van der Waals surface area contributed by atoms with Crippen LogP contribution in [-0.2, 0) is 27.9 Å². The number of quaternary nitrogens is 1. The molecule has 0 aromatic heterocycles. The molecule has 0 aliphatic carbocycles. The normalized spacial score (nSPS) is 13.4. The number of nitrogens with zero attached hydrogens (tertiary/aromatic N) is 1. The number of carbonyl (C=O) groups is 1.